The summed E-state index contributed by atoms with van der Waals surface area (Å²) in [6.45, 7) is 7.35. The molecule has 126 valence electrons. The minimum Gasteiger partial charge on any atom is -0.317 e. The van der Waals surface area contributed by atoms with E-state index in [1.165, 1.54) is 22.2 Å². The van der Waals surface area contributed by atoms with Gasteiger partial charge in [-0.2, -0.15) is 0 Å². The second kappa shape index (κ2) is 7.97. The Morgan fingerprint density at radius 2 is 1.88 bits per heavy atom. The molecule has 0 aliphatic carbocycles. The smallest absolute Gasteiger partial charge is 0.0701 e. The topological polar surface area (TPSA) is 33.1 Å². The van der Waals surface area contributed by atoms with E-state index >= 15 is 0 Å². The molecule has 0 bridgehead atoms. The predicted octanol–water partition coefficient (Wildman–Crippen LogP) is 3.87. The van der Waals surface area contributed by atoms with E-state index in [1.807, 2.05) is 12.4 Å². The maximum atomic E-state index is 4.15. The first kappa shape index (κ1) is 16.5. The number of anilines is 1. The molecule has 1 N–H and O–H groups in total. The molecule has 2 aromatic heterocycles. The fourth-order valence-corrected chi connectivity index (χ4v) is 3.12. The van der Waals surface area contributed by atoms with Crippen LogP contribution in [0.5, 0.6) is 0 Å². The van der Waals surface area contributed by atoms with Gasteiger partial charge in [-0.3, -0.25) is 14.7 Å². The zero-order valence-electron chi connectivity index (χ0n) is 14.6. The molecular formula is C20H26N4. The summed E-state index contributed by atoms with van der Waals surface area (Å²) in [6, 6.07) is 12.8. The Morgan fingerprint density at radius 1 is 1.08 bits per heavy atom. The molecule has 0 saturated carbocycles. The largest absolute Gasteiger partial charge is 0.317 e. The summed E-state index contributed by atoms with van der Waals surface area (Å²) in [5.41, 5.74) is 3.82. The first-order valence-corrected chi connectivity index (χ1v) is 8.82. The van der Waals surface area contributed by atoms with Gasteiger partial charge < -0.3 is 5.32 Å². The maximum Gasteiger partial charge on any atom is 0.0701 e. The van der Waals surface area contributed by atoms with E-state index in [0.717, 1.165) is 32.5 Å². The molecule has 0 atom stereocenters. The average Bonchev–Trinajstić information content (AvgIpc) is 2.99. The molecule has 0 spiro atoms. The van der Waals surface area contributed by atoms with Crippen molar-refractivity contribution in [2.24, 2.45) is 0 Å². The number of nitrogens with zero attached hydrogens (tertiary/aromatic N) is 3. The van der Waals surface area contributed by atoms with Crippen LogP contribution in [0.1, 0.15) is 25.8 Å². The summed E-state index contributed by atoms with van der Waals surface area (Å²) < 4.78 is 2.30. The Labute approximate surface area is 144 Å². The molecule has 0 radical (unpaired) electrons. The summed E-state index contributed by atoms with van der Waals surface area (Å²) in [4.78, 5) is 4.15. The Morgan fingerprint density at radius 3 is 2.62 bits per heavy atom. The van der Waals surface area contributed by atoms with Gasteiger partial charge in [0.1, 0.15) is 0 Å². The molecule has 0 unspecified atom stereocenters. The van der Waals surface area contributed by atoms with Crippen molar-refractivity contribution >= 4 is 16.6 Å². The first-order valence-electron chi connectivity index (χ1n) is 8.82. The van der Waals surface area contributed by atoms with Crippen molar-refractivity contribution in [1.82, 2.24) is 15.0 Å². The molecule has 1 aromatic carbocycles. The van der Waals surface area contributed by atoms with E-state index in [-0.39, 0.29) is 0 Å². The zero-order valence-corrected chi connectivity index (χ0v) is 14.6. The van der Waals surface area contributed by atoms with E-state index in [4.69, 9.17) is 0 Å². The number of nitrogens with one attached hydrogen (secondary N) is 1. The molecule has 0 fully saturated rings. The number of para-hydroxylation sites is 1. The first-order chi connectivity index (χ1) is 11.8. The van der Waals surface area contributed by atoms with Crippen molar-refractivity contribution < 1.29 is 0 Å². The third-order valence-corrected chi connectivity index (χ3v) is 4.25. The van der Waals surface area contributed by atoms with Gasteiger partial charge in [-0.1, -0.05) is 32.0 Å². The predicted molar refractivity (Wildman–Crippen MR) is 101 cm³/mol. The Kier molecular flexibility index (Phi) is 5.49. The minimum atomic E-state index is 0.968. The Hall–Kier alpha value is -2.33. The van der Waals surface area contributed by atoms with Crippen LogP contribution in [0.2, 0.25) is 0 Å². The third-order valence-electron chi connectivity index (χ3n) is 4.25. The standard InChI is InChI=1S/C20H26N4/c1-3-15-23(18-10-13-22-14-11-18)24-16-17(9-12-21-4-2)19-7-5-6-8-20(19)24/h5-8,10-11,13-14,16,21H,3-4,9,12,15H2,1-2H3. The number of fused-ring (bicyclic) bond motifs is 1. The summed E-state index contributed by atoms with van der Waals surface area (Å²) in [5, 5.41) is 7.10. The van der Waals surface area contributed by atoms with Crippen LogP contribution in [0.3, 0.4) is 0 Å². The summed E-state index contributed by atoms with van der Waals surface area (Å²) in [6.07, 6.45) is 8.13. The lowest BCUT2D eigenvalue weighted by Crippen LogP contribution is -2.29. The molecule has 0 aliphatic rings. The lowest BCUT2D eigenvalue weighted by atomic mass is 10.1. The lowest BCUT2D eigenvalue weighted by Gasteiger charge is -2.26. The highest BCUT2D eigenvalue weighted by atomic mass is 15.5. The van der Waals surface area contributed by atoms with Crippen molar-refractivity contribution in [3.63, 3.8) is 0 Å². The van der Waals surface area contributed by atoms with Crippen LogP contribution < -0.4 is 10.3 Å². The second-order valence-corrected chi connectivity index (χ2v) is 5.95. The summed E-state index contributed by atoms with van der Waals surface area (Å²) in [5.74, 6) is 0. The number of hydrogen-bond acceptors (Lipinski definition) is 3. The highest BCUT2D eigenvalue weighted by Gasteiger charge is 2.14. The fourth-order valence-electron chi connectivity index (χ4n) is 3.12. The fraction of sp³-hybridized carbons (Fsp3) is 0.350. The number of pyridine rings is 1. The average molecular weight is 322 g/mol. The Bertz CT molecular complexity index is 764. The number of aromatic nitrogens is 2. The summed E-state index contributed by atoms with van der Waals surface area (Å²) >= 11 is 0. The zero-order chi connectivity index (χ0) is 16.8. The number of rotatable bonds is 8. The monoisotopic (exact) mass is 322 g/mol. The van der Waals surface area contributed by atoms with Gasteiger partial charge in [0.2, 0.25) is 0 Å². The van der Waals surface area contributed by atoms with Crippen molar-refractivity contribution in [1.29, 1.82) is 0 Å². The quantitative estimate of drug-likeness (QED) is 0.639. The molecule has 0 saturated heterocycles. The van der Waals surface area contributed by atoms with E-state index in [1.54, 1.807) is 0 Å². The van der Waals surface area contributed by atoms with Crippen LogP contribution in [0, 0.1) is 0 Å². The SMILES string of the molecule is CCCN(c1ccncc1)n1cc(CCNCC)c2ccccc21. The van der Waals surface area contributed by atoms with Crippen molar-refractivity contribution in [2.75, 3.05) is 24.6 Å². The molecule has 2 heterocycles. The van der Waals surface area contributed by atoms with E-state index in [2.05, 4.69) is 76.4 Å². The van der Waals surface area contributed by atoms with Crippen LogP contribution in [0.15, 0.2) is 55.0 Å². The second-order valence-electron chi connectivity index (χ2n) is 5.95. The van der Waals surface area contributed by atoms with Crippen LogP contribution in [-0.4, -0.2) is 29.3 Å². The Balaban J connectivity index is 2.03. The molecule has 3 rings (SSSR count). The van der Waals surface area contributed by atoms with Crippen molar-refractivity contribution in [3.05, 3.63) is 60.6 Å². The highest BCUT2D eigenvalue weighted by molar-refractivity contribution is 5.84. The van der Waals surface area contributed by atoms with Gasteiger partial charge in [-0.05, 0) is 49.7 Å². The number of likely N-dealkylation sites (N-methyl/N-ethyl adjacent to an activating group) is 1. The minimum absolute atomic E-state index is 0.968. The molecule has 4 heteroatoms. The van der Waals surface area contributed by atoms with Crippen molar-refractivity contribution in [3.8, 4) is 0 Å². The molecule has 0 aliphatic heterocycles. The summed E-state index contributed by atoms with van der Waals surface area (Å²) in [7, 11) is 0. The van der Waals surface area contributed by atoms with Gasteiger partial charge >= 0.3 is 0 Å². The van der Waals surface area contributed by atoms with Gasteiger partial charge in [-0.25, -0.2) is 0 Å². The van der Waals surface area contributed by atoms with E-state index in [0.29, 0.717) is 0 Å². The van der Waals surface area contributed by atoms with E-state index < -0.39 is 0 Å². The van der Waals surface area contributed by atoms with E-state index in [9.17, 15) is 0 Å². The van der Waals surface area contributed by atoms with Crippen LogP contribution >= 0.6 is 0 Å². The molecular weight excluding hydrogens is 296 g/mol. The van der Waals surface area contributed by atoms with Crippen molar-refractivity contribution in [2.45, 2.75) is 26.7 Å². The number of hydrogen-bond donors (Lipinski definition) is 1. The lowest BCUT2D eigenvalue weighted by molar-refractivity contribution is 0.687. The van der Waals surface area contributed by atoms with Gasteiger partial charge in [0.15, 0.2) is 0 Å². The van der Waals surface area contributed by atoms with Crippen LogP contribution in [-0.2, 0) is 6.42 Å². The molecule has 24 heavy (non-hydrogen) atoms. The molecule has 4 nitrogen and oxygen atoms in total. The van der Waals surface area contributed by atoms with Gasteiger partial charge in [-0.15, -0.1) is 0 Å². The van der Waals surface area contributed by atoms with Gasteiger partial charge in [0, 0.05) is 30.5 Å². The molecule has 3 aromatic rings. The van der Waals surface area contributed by atoms with Crippen LogP contribution in [0.4, 0.5) is 5.69 Å². The van der Waals surface area contributed by atoms with Gasteiger partial charge in [0.05, 0.1) is 11.2 Å². The van der Waals surface area contributed by atoms with Crippen LogP contribution in [0.25, 0.3) is 10.9 Å². The maximum absolute atomic E-state index is 4.15. The highest BCUT2D eigenvalue weighted by Crippen LogP contribution is 2.25. The van der Waals surface area contributed by atoms with Gasteiger partial charge in [0.25, 0.3) is 0 Å². The third kappa shape index (κ3) is 3.44. The normalized spacial score (nSPS) is 11.1. The number of benzene rings is 1. The molecule has 0 amide bonds.